The van der Waals surface area contributed by atoms with Gasteiger partial charge in [0.05, 0.1) is 6.20 Å². The third kappa shape index (κ3) is 3.01. The number of hydrogen-bond acceptors (Lipinski definition) is 4. The first-order valence-corrected chi connectivity index (χ1v) is 8.82. The van der Waals surface area contributed by atoms with Crippen LogP contribution in [-0.2, 0) is 9.59 Å². The number of carbonyl (C=O) groups is 3. The molecule has 1 aliphatic carbocycles. The van der Waals surface area contributed by atoms with Crippen LogP contribution in [0.3, 0.4) is 0 Å². The number of imide groups is 1. The van der Waals surface area contributed by atoms with E-state index in [1.807, 2.05) is 20.8 Å². The average molecular weight is 347 g/mol. The molecule has 8 nitrogen and oxygen atoms in total. The lowest BCUT2D eigenvalue weighted by Crippen LogP contribution is -2.54. The van der Waals surface area contributed by atoms with Gasteiger partial charge in [0, 0.05) is 12.1 Å². The quantitative estimate of drug-likeness (QED) is 0.813. The molecule has 25 heavy (non-hydrogen) atoms. The van der Waals surface area contributed by atoms with E-state index >= 15 is 0 Å². The first kappa shape index (κ1) is 17.4. The molecule has 1 saturated heterocycles. The maximum atomic E-state index is 12.9. The van der Waals surface area contributed by atoms with Gasteiger partial charge in [0.2, 0.25) is 5.91 Å². The predicted octanol–water partition coefficient (Wildman–Crippen LogP) is 1.90. The van der Waals surface area contributed by atoms with Crippen LogP contribution in [-0.4, -0.2) is 44.6 Å². The molecule has 1 aliphatic heterocycles. The van der Waals surface area contributed by atoms with Crippen molar-refractivity contribution in [2.45, 2.75) is 58.0 Å². The Kier molecular flexibility index (Phi) is 4.53. The zero-order valence-corrected chi connectivity index (χ0v) is 14.9. The molecule has 0 aromatic carbocycles. The number of rotatable bonds is 4. The van der Waals surface area contributed by atoms with Crippen molar-refractivity contribution in [1.29, 1.82) is 0 Å². The second kappa shape index (κ2) is 6.50. The van der Waals surface area contributed by atoms with E-state index < -0.39 is 17.5 Å². The summed E-state index contributed by atoms with van der Waals surface area (Å²) in [4.78, 5) is 38.6. The molecule has 2 fully saturated rings. The summed E-state index contributed by atoms with van der Waals surface area (Å²) in [5.41, 5.74) is -0.838. The largest absolute Gasteiger partial charge is 0.325 e. The number of aromatic nitrogens is 2. The van der Waals surface area contributed by atoms with Crippen molar-refractivity contribution in [1.82, 2.24) is 20.0 Å². The predicted molar refractivity (Wildman–Crippen MR) is 91.8 cm³/mol. The minimum absolute atomic E-state index is 0.0770. The topological polar surface area (TPSA) is 96.3 Å². The molecule has 2 aliphatic rings. The minimum atomic E-state index is -0.838. The van der Waals surface area contributed by atoms with Crippen molar-refractivity contribution in [2.24, 2.45) is 5.92 Å². The van der Waals surface area contributed by atoms with Gasteiger partial charge in [-0.1, -0.05) is 19.8 Å². The van der Waals surface area contributed by atoms with Crippen LogP contribution >= 0.6 is 0 Å². The normalized spacial score (nSPS) is 26.4. The Labute approximate surface area is 146 Å². The van der Waals surface area contributed by atoms with Crippen LogP contribution < -0.4 is 10.6 Å². The Morgan fingerprint density at radius 1 is 1.44 bits per heavy atom. The molecule has 1 aromatic rings. The fourth-order valence-electron chi connectivity index (χ4n) is 3.79. The highest BCUT2D eigenvalue weighted by Gasteiger charge is 2.55. The molecular formula is C17H25N5O3. The average Bonchev–Trinajstić information content (AvgIpc) is 3.10. The van der Waals surface area contributed by atoms with E-state index in [-0.39, 0.29) is 24.4 Å². The van der Waals surface area contributed by atoms with Crippen LogP contribution in [0.1, 0.15) is 52.5 Å². The molecular weight excluding hydrogens is 322 g/mol. The fourth-order valence-corrected chi connectivity index (χ4v) is 3.79. The van der Waals surface area contributed by atoms with Gasteiger partial charge in [-0.2, -0.15) is 5.10 Å². The lowest BCUT2D eigenvalue weighted by atomic mass is 9.73. The van der Waals surface area contributed by atoms with Gasteiger partial charge in [-0.3, -0.25) is 14.5 Å². The summed E-state index contributed by atoms with van der Waals surface area (Å²) < 4.78 is 1.68. The number of nitrogens with zero attached hydrogens (tertiary/aromatic N) is 3. The lowest BCUT2D eigenvalue weighted by molar-refractivity contribution is -0.136. The summed E-state index contributed by atoms with van der Waals surface area (Å²) in [5.74, 6) is -0.0652. The summed E-state index contributed by atoms with van der Waals surface area (Å²) in [6.45, 7) is 5.60. The van der Waals surface area contributed by atoms with Gasteiger partial charge in [-0.05, 0) is 32.6 Å². The molecule has 0 unspecified atom stereocenters. The van der Waals surface area contributed by atoms with Crippen molar-refractivity contribution in [3.05, 3.63) is 12.3 Å². The van der Waals surface area contributed by atoms with Crippen LogP contribution in [0.4, 0.5) is 10.6 Å². The van der Waals surface area contributed by atoms with E-state index in [4.69, 9.17) is 0 Å². The third-order valence-electron chi connectivity index (χ3n) is 5.23. The molecule has 4 amide bonds. The standard InChI is InChI=1S/C17H25N5O3/c1-11(2)22-13(7-9-18-22)19-14(23)10-21-15(24)17(20-16(21)25)8-5-4-6-12(17)3/h7,9,11-12H,4-6,8,10H2,1-3H3,(H,19,23)(H,20,25)/t12-,17+/m0/s1. The maximum absolute atomic E-state index is 12.9. The monoisotopic (exact) mass is 347 g/mol. The highest BCUT2D eigenvalue weighted by molar-refractivity contribution is 6.10. The van der Waals surface area contributed by atoms with Gasteiger partial charge in [0.15, 0.2) is 0 Å². The Morgan fingerprint density at radius 2 is 2.20 bits per heavy atom. The number of amides is 4. The third-order valence-corrected chi connectivity index (χ3v) is 5.23. The molecule has 2 N–H and O–H groups in total. The van der Waals surface area contributed by atoms with Gasteiger partial charge < -0.3 is 10.6 Å². The van der Waals surface area contributed by atoms with E-state index in [2.05, 4.69) is 15.7 Å². The Morgan fingerprint density at radius 3 is 2.88 bits per heavy atom. The van der Waals surface area contributed by atoms with Gasteiger partial charge in [-0.15, -0.1) is 0 Å². The first-order chi connectivity index (χ1) is 11.8. The Balaban J connectivity index is 1.70. The van der Waals surface area contributed by atoms with E-state index in [1.165, 1.54) is 0 Å². The maximum Gasteiger partial charge on any atom is 0.325 e. The number of carbonyl (C=O) groups excluding carboxylic acids is 3. The highest BCUT2D eigenvalue weighted by atomic mass is 16.2. The minimum Gasteiger partial charge on any atom is -0.323 e. The second-order valence-corrected chi connectivity index (χ2v) is 7.24. The van der Waals surface area contributed by atoms with Crippen molar-refractivity contribution in [3.8, 4) is 0 Å². The number of nitrogens with one attached hydrogen (secondary N) is 2. The van der Waals surface area contributed by atoms with Crippen LogP contribution in [0.15, 0.2) is 12.3 Å². The molecule has 0 bridgehead atoms. The number of urea groups is 1. The Hall–Kier alpha value is -2.38. The summed E-state index contributed by atoms with van der Waals surface area (Å²) in [5, 5.41) is 9.73. The first-order valence-electron chi connectivity index (χ1n) is 8.82. The van der Waals surface area contributed by atoms with Gasteiger partial charge in [0.25, 0.3) is 5.91 Å². The summed E-state index contributed by atoms with van der Waals surface area (Å²) in [6, 6.07) is 1.30. The van der Waals surface area contributed by atoms with E-state index in [1.54, 1.807) is 16.9 Å². The molecule has 8 heteroatoms. The zero-order chi connectivity index (χ0) is 18.2. The fraction of sp³-hybridized carbons (Fsp3) is 0.647. The summed E-state index contributed by atoms with van der Waals surface area (Å²) in [6.07, 6.45) is 5.11. The zero-order valence-electron chi connectivity index (χ0n) is 14.9. The summed E-state index contributed by atoms with van der Waals surface area (Å²) in [7, 11) is 0. The highest BCUT2D eigenvalue weighted by Crippen LogP contribution is 2.38. The van der Waals surface area contributed by atoms with Gasteiger partial charge in [0.1, 0.15) is 17.9 Å². The molecule has 3 rings (SSSR count). The second-order valence-electron chi connectivity index (χ2n) is 7.24. The van der Waals surface area contributed by atoms with Crippen LogP contribution in [0.2, 0.25) is 0 Å². The molecule has 136 valence electrons. The van der Waals surface area contributed by atoms with Crippen molar-refractivity contribution < 1.29 is 14.4 Å². The van der Waals surface area contributed by atoms with E-state index in [9.17, 15) is 14.4 Å². The molecule has 2 atom stereocenters. The summed E-state index contributed by atoms with van der Waals surface area (Å²) >= 11 is 0. The molecule has 0 radical (unpaired) electrons. The van der Waals surface area contributed by atoms with Crippen molar-refractivity contribution >= 4 is 23.7 Å². The molecule has 2 heterocycles. The molecule has 1 saturated carbocycles. The smallest absolute Gasteiger partial charge is 0.323 e. The van der Waals surface area contributed by atoms with Crippen molar-refractivity contribution in [2.75, 3.05) is 11.9 Å². The SMILES string of the molecule is CC(C)n1nccc1NC(=O)CN1C(=O)N[C@@]2(CCCC[C@@H]2C)C1=O. The van der Waals surface area contributed by atoms with Crippen LogP contribution in [0.5, 0.6) is 0 Å². The lowest BCUT2D eigenvalue weighted by Gasteiger charge is -2.36. The van der Waals surface area contributed by atoms with E-state index in [0.29, 0.717) is 12.2 Å². The molecule has 1 aromatic heterocycles. The van der Waals surface area contributed by atoms with E-state index in [0.717, 1.165) is 24.2 Å². The number of hydrogen-bond donors (Lipinski definition) is 2. The van der Waals surface area contributed by atoms with Gasteiger partial charge in [-0.25, -0.2) is 9.48 Å². The Bertz CT molecular complexity index is 698. The van der Waals surface area contributed by atoms with Crippen LogP contribution in [0, 0.1) is 5.92 Å². The number of anilines is 1. The van der Waals surface area contributed by atoms with Crippen molar-refractivity contribution in [3.63, 3.8) is 0 Å². The van der Waals surface area contributed by atoms with Crippen LogP contribution in [0.25, 0.3) is 0 Å². The van der Waals surface area contributed by atoms with Gasteiger partial charge >= 0.3 is 6.03 Å². The molecule has 1 spiro atoms.